The van der Waals surface area contributed by atoms with Crippen molar-refractivity contribution in [3.05, 3.63) is 58.4 Å². The lowest BCUT2D eigenvalue weighted by atomic mass is 9.72. The normalized spacial score (nSPS) is 24.4. The van der Waals surface area contributed by atoms with Gasteiger partial charge in [-0.05, 0) is 122 Å². The van der Waals surface area contributed by atoms with Gasteiger partial charge < -0.3 is 5.32 Å². The summed E-state index contributed by atoms with van der Waals surface area (Å²) in [6.45, 7) is 16.6. The van der Waals surface area contributed by atoms with Crippen LogP contribution in [0.5, 0.6) is 0 Å². The van der Waals surface area contributed by atoms with Crippen molar-refractivity contribution in [2.24, 2.45) is 0 Å². The first-order valence-electron chi connectivity index (χ1n) is 12.8. The zero-order chi connectivity index (χ0) is 26.0. The minimum absolute atomic E-state index is 0.0366. The van der Waals surface area contributed by atoms with Crippen molar-refractivity contribution in [1.82, 2.24) is 10.4 Å². The Morgan fingerprint density at radius 3 is 1.89 bits per heavy atom. The van der Waals surface area contributed by atoms with E-state index >= 15 is 4.39 Å². The Morgan fingerprint density at radius 2 is 1.37 bits per heavy atom. The molecule has 0 spiro atoms. The fraction of sp³-hybridized carbons (Fsp3) is 0.600. The molecule has 5 heteroatoms. The van der Waals surface area contributed by atoms with E-state index < -0.39 is 11.1 Å². The molecule has 2 saturated heterocycles. The van der Waals surface area contributed by atoms with Gasteiger partial charge in [-0.25, -0.2) is 4.39 Å². The van der Waals surface area contributed by atoms with Crippen LogP contribution in [0.25, 0.3) is 11.1 Å². The fourth-order valence-electron chi connectivity index (χ4n) is 7.08. The van der Waals surface area contributed by atoms with Crippen molar-refractivity contribution in [2.45, 2.75) is 115 Å². The SMILES string of the molecule is CC1(C)CC(c2ccc(-c3ccc(C4CC(C)(C)N(F)C(C)(C)C4)c(F)c3)c(Cl)c2)CC(C)(C)N1. The highest BCUT2D eigenvalue weighted by molar-refractivity contribution is 6.33. The number of rotatable bonds is 3. The highest BCUT2D eigenvalue weighted by Crippen LogP contribution is 2.47. The molecular formula is C30H41ClF2N2. The molecule has 0 radical (unpaired) electrons. The van der Waals surface area contributed by atoms with Crippen LogP contribution in [-0.4, -0.2) is 27.3 Å². The summed E-state index contributed by atoms with van der Waals surface area (Å²) in [6, 6.07) is 11.7. The molecule has 2 aromatic rings. The van der Waals surface area contributed by atoms with Crippen molar-refractivity contribution in [1.29, 1.82) is 0 Å². The van der Waals surface area contributed by atoms with Crippen LogP contribution >= 0.6 is 11.6 Å². The number of piperidine rings is 2. The molecule has 2 aromatic carbocycles. The third-order valence-corrected chi connectivity index (χ3v) is 8.27. The molecule has 0 amide bonds. The van der Waals surface area contributed by atoms with Gasteiger partial charge in [0.25, 0.3) is 0 Å². The monoisotopic (exact) mass is 502 g/mol. The third-order valence-electron chi connectivity index (χ3n) is 7.96. The largest absolute Gasteiger partial charge is 0.307 e. The Hall–Kier alpha value is -1.49. The Morgan fingerprint density at radius 1 is 0.800 bits per heavy atom. The van der Waals surface area contributed by atoms with Gasteiger partial charge in [-0.15, -0.1) is 9.60 Å². The molecule has 1 N–H and O–H groups in total. The lowest BCUT2D eigenvalue weighted by Gasteiger charge is -2.50. The molecule has 0 atom stereocenters. The van der Waals surface area contributed by atoms with Gasteiger partial charge in [-0.1, -0.05) is 35.9 Å². The molecular weight excluding hydrogens is 462 g/mol. The average molecular weight is 503 g/mol. The Balaban J connectivity index is 1.60. The average Bonchev–Trinajstić information content (AvgIpc) is 2.69. The molecule has 0 unspecified atom stereocenters. The molecule has 0 bridgehead atoms. The van der Waals surface area contributed by atoms with E-state index in [0.29, 0.717) is 29.3 Å². The second-order valence-corrected chi connectivity index (χ2v) is 13.9. The summed E-state index contributed by atoms with van der Waals surface area (Å²) >= 11 is 6.77. The predicted octanol–water partition coefficient (Wildman–Crippen LogP) is 8.79. The molecule has 0 saturated carbocycles. The summed E-state index contributed by atoms with van der Waals surface area (Å²) in [4.78, 5) is 0. The zero-order valence-electron chi connectivity index (χ0n) is 22.5. The highest BCUT2D eigenvalue weighted by Gasteiger charge is 2.47. The Bertz CT molecular complexity index is 1070. The highest BCUT2D eigenvalue weighted by atomic mass is 35.5. The van der Waals surface area contributed by atoms with E-state index in [1.54, 1.807) is 6.07 Å². The van der Waals surface area contributed by atoms with E-state index in [0.717, 1.165) is 29.1 Å². The fourth-order valence-corrected chi connectivity index (χ4v) is 7.38. The molecule has 2 heterocycles. The van der Waals surface area contributed by atoms with Crippen LogP contribution in [0.3, 0.4) is 0 Å². The van der Waals surface area contributed by atoms with Gasteiger partial charge in [0.2, 0.25) is 0 Å². The molecule has 2 aliphatic heterocycles. The van der Waals surface area contributed by atoms with Crippen molar-refractivity contribution >= 4 is 11.6 Å². The van der Waals surface area contributed by atoms with Crippen molar-refractivity contribution < 1.29 is 8.87 Å². The summed E-state index contributed by atoms with van der Waals surface area (Å²) in [7, 11) is 0. The molecule has 4 rings (SSSR count). The topological polar surface area (TPSA) is 15.3 Å². The van der Waals surface area contributed by atoms with Crippen molar-refractivity contribution in [3.63, 3.8) is 0 Å². The van der Waals surface area contributed by atoms with E-state index in [9.17, 15) is 4.48 Å². The van der Waals surface area contributed by atoms with E-state index in [1.807, 2.05) is 45.9 Å². The summed E-state index contributed by atoms with van der Waals surface area (Å²) in [5, 5.41) is 5.33. The zero-order valence-corrected chi connectivity index (χ0v) is 23.3. The van der Waals surface area contributed by atoms with Gasteiger partial charge in [0, 0.05) is 32.7 Å². The maximum Gasteiger partial charge on any atom is 0.127 e. The number of benzene rings is 2. The number of nitrogens with one attached hydrogen (secondary N) is 1. The summed E-state index contributed by atoms with van der Waals surface area (Å²) in [6.07, 6.45) is 3.23. The van der Waals surface area contributed by atoms with Crippen LogP contribution in [0, 0.1) is 5.82 Å². The van der Waals surface area contributed by atoms with Crippen LogP contribution in [0.4, 0.5) is 8.87 Å². The molecule has 0 aliphatic carbocycles. The maximum atomic E-state index is 15.4. The van der Waals surface area contributed by atoms with E-state index in [4.69, 9.17) is 11.6 Å². The summed E-state index contributed by atoms with van der Waals surface area (Å²) in [5.41, 5.74) is 2.33. The molecule has 192 valence electrons. The second kappa shape index (κ2) is 8.82. The summed E-state index contributed by atoms with van der Waals surface area (Å²) < 4.78 is 30.3. The Kier molecular flexibility index (Phi) is 6.69. The number of hydrogen-bond donors (Lipinski definition) is 1. The van der Waals surface area contributed by atoms with Gasteiger partial charge in [0.05, 0.1) is 0 Å². The lowest BCUT2D eigenvalue weighted by molar-refractivity contribution is -0.173. The smallest absolute Gasteiger partial charge is 0.127 e. The quantitative estimate of drug-likeness (QED) is 0.422. The van der Waals surface area contributed by atoms with E-state index in [1.165, 1.54) is 5.56 Å². The second-order valence-electron chi connectivity index (χ2n) is 13.5. The van der Waals surface area contributed by atoms with E-state index in [2.05, 4.69) is 45.1 Å². The Labute approximate surface area is 215 Å². The first kappa shape index (κ1) is 26.6. The number of nitrogens with zero attached hydrogens (tertiary/aromatic N) is 1. The third kappa shape index (κ3) is 5.45. The number of halogens is 3. The van der Waals surface area contributed by atoms with Crippen LogP contribution in [0.15, 0.2) is 36.4 Å². The molecule has 2 nitrogen and oxygen atoms in total. The van der Waals surface area contributed by atoms with Gasteiger partial charge >= 0.3 is 0 Å². The van der Waals surface area contributed by atoms with Crippen molar-refractivity contribution in [2.75, 3.05) is 0 Å². The minimum Gasteiger partial charge on any atom is -0.307 e. The number of hydrogen-bond acceptors (Lipinski definition) is 2. The first-order chi connectivity index (χ1) is 16.0. The molecule has 2 aliphatic rings. The maximum absolute atomic E-state index is 15.4. The predicted molar refractivity (Wildman–Crippen MR) is 143 cm³/mol. The van der Waals surface area contributed by atoms with Crippen LogP contribution in [-0.2, 0) is 0 Å². The van der Waals surface area contributed by atoms with Crippen LogP contribution < -0.4 is 5.32 Å². The minimum atomic E-state index is -0.644. The van der Waals surface area contributed by atoms with Gasteiger partial charge in [0.15, 0.2) is 0 Å². The lowest BCUT2D eigenvalue weighted by Crippen LogP contribution is -2.57. The standard InChI is InChI=1S/C30H41ClF2N2/c1-27(2)15-21(16-28(3,4)34-27)19-9-11-23(25(31)13-19)20-10-12-24(26(32)14-20)22-17-29(5,6)35(33)30(7,8)18-22/h9-14,21-22,34H,15-18H2,1-8H3. The molecule has 35 heavy (non-hydrogen) atoms. The van der Waals surface area contributed by atoms with Crippen molar-refractivity contribution in [3.8, 4) is 11.1 Å². The summed E-state index contributed by atoms with van der Waals surface area (Å²) in [5.74, 6) is 0.138. The van der Waals surface area contributed by atoms with Crippen LogP contribution in [0.1, 0.15) is 104 Å². The van der Waals surface area contributed by atoms with E-state index in [-0.39, 0.29) is 22.8 Å². The molecule has 2 fully saturated rings. The van der Waals surface area contributed by atoms with Gasteiger partial charge in [0.1, 0.15) is 5.82 Å². The molecule has 0 aromatic heterocycles. The van der Waals surface area contributed by atoms with Gasteiger partial charge in [-0.2, -0.15) is 0 Å². The first-order valence-corrected chi connectivity index (χ1v) is 13.2. The van der Waals surface area contributed by atoms with Gasteiger partial charge in [-0.3, -0.25) is 0 Å². The van der Waals surface area contributed by atoms with Crippen LogP contribution in [0.2, 0.25) is 5.02 Å².